The van der Waals surface area contributed by atoms with Crippen LogP contribution in [0, 0.1) is 17.7 Å². The Morgan fingerprint density at radius 3 is 2.90 bits per heavy atom. The van der Waals surface area contributed by atoms with Crippen molar-refractivity contribution in [2.45, 2.75) is 0 Å². The highest BCUT2D eigenvalue weighted by molar-refractivity contribution is 6.05. The van der Waals surface area contributed by atoms with E-state index < -0.39 is 23.0 Å². The molecule has 0 atom stereocenters. The summed E-state index contributed by atoms with van der Waals surface area (Å²) < 4.78 is 13.6. The van der Waals surface area contributed by atoms with Gasteiger partial charge in [-0.1, -0.05) is 17.9 Å². The Morgan fingerprint density at radius 2 is 2.19 bits per heavy atom. The SMILES string of the molecule is O=C(Nc1cc(C#CCO)ccn1)c1c(O)cccc1F. The van der Waals surface area contributed by atoms with E-state index in [2.05, 4.69) is 22.1 Å². The molecule has 2 aromatic rings. The number of hydrogen-bond donors (Lipinski definition) is 3. The highest BCUT2D eigenvalue weighted by Crippen LogP contribution is 2.21. The quantitative estimate of drug-likeness (QED) is 0.731. The number of amides is 1. The first-order chi connectivity index (χ1) is 10.1. The van der Waals surface area contributed by atoms with Crippen LogP contribution in [0.2, 0.25) is 0 Å². The number of phenolic OH excluding ortho intramolecular Hbond substituents is 1. The molecule has 0 spiro atoms. The second-order valence-electron chi connectivity index (χ2n) is 3.98. The van der Waals surface area contributed by atoms with Crippen molar-refractivity contribution in [3.63, 3.8) is 0 Å². The fourth-order valence-corrected chi connectivity index (χ4v) is 1.63. The lowest BCUT2D eigenvalue weighted by Crippen LogP contribution is -2.15. The molecule has 0 unspecified atom stereocenters. The molecular formula is C15H11FN2O3. The van der Waals surface area contributed by atoms with Crippen LogP contribution < -0.4 is 5.32 Å². The van der Waals surface area contributed by atoms with Crippen molar-refractivity contribution in [1.82, 2.24) is 4.98 Å². The number of carbonyl (C=O) groups excluding carboxylic acids is 1. The average Bonchev–Trinajstić information content (AvgIpc) is 2.45. The number of aromatic hydroxyl groups is 1. The zero-order valence-corrected chi connectivity index (χ0v) is 10.8. The Bertz CT molecular complexity index is 715. The number of anilines is 1. The number of pyridine rings is 1. The van der Waals surface area contributed by atoms with E-state index in [1.807, 2.05) is 0 Å². The lowest BCUT2D eigenvalue weighted by molar-refractivity contribution is 0.102. The lowest BCUT2D eigenvalue weighted by Gasteiger charge is -2.07. The van der Waals surface area contributed by atoms with Gasteiger partial charge in [0.25, 0.3) is 5.91 Å². The minimum atomic E-state index is -0.830. The minimum Gasteiger partial charge on any atom is -0.507 e. The number of phenols is 1. The molecular weight excluding hydrogens is 275 g/mol. The maximum atomic E-state index is 13.6. The Hall–Kier alpha value is -2.91. The average molecular weight is 286 g/mol. The number of carbonyl (C=O) groups is 1. The summed E-state index contributed by atoms with van der Waals surface area (Å²) >= 11 is 0. The summed E-state index contributed by atoms with van der Waals surface area (Å²) in [6.45, 7) is -0.285. The summed E-state index contributed by atoms with van der Waals surface area (Å²) in [4.78, 5) is 15.9. The molecule has 3 N–H and O–H groups in total. The number of benzene rings is 1. The van der Waals surface area contributed by atoms with Gasteiger partial charge in [0, 0.05) is 11.8 Å². The molecule has 0 aliphatic carbocycles. The number of rotatable bonds is 2. The van der Waals surface area contributed by atoms with Gasteiger partial charge in [-0.05, 0) is 24.3 Å². The number of aliphatic hydroxyl groups is 1. The van der Waals surface area contributed by atoms with Gasteiger partial charge in [0.15, 0.2) is 0 Å². The van der Waals surface area contributed by atoms with Crippen molar-refractivity contribution in [2.24, 2.45) is 0 Å². The third kappa shape index (κ3) is 3.55. The van der Waals surface area contributed by atoms with Gasteiger partial charge in [0.1, 0.15) is 29.6 Å². The van der Waals surface area contributed by atoms with Crippen molar-refractivity contribution in [1.29, 1.82) is 0 Å². The van der Waals surface area contributed by atoms with Crippen LogP contribution in [0.15, 0.2) is 36.5 Å². The van der Waals surface area contributed by atoms with Crippen molar-refractivity contribution < 1.29 is 19.4 Å². The van der Waals surface area contributed by atoms with E-state index in [0.29, 0.717) is 5.56 Å². The second kappa shape index (κ2) is 6.50. The second-order valence-corrected chi connectivity index (χ2v) is 3.98. The normalized spacial score (nSPS) is 9.62. The van der Waals surface area contributed by atoms with Gasteiger partial charge < -0.3 is 15.5 Å². The van der Waals surface area contributed by atoms with E-state index in [-0.39, 0.29) is 12.4 Å². The van der Waals surface area contributed by atoms with Crippen molar-refractivity contribution in [2.75, 3.05) is 11.9 Å². The molecule has 1 aromatic carbocycles. The van der Waals surface area contributed by atoms with Gasteiger partial charge in [-0.3, -0.25) is 4.79 Å². The highest BCUT2D eigenvalue weighted by Gasteiger charge is 2.16. The van der Waals surface area contributed by atoms with Crippen LogP contribution in [0.4, 0.5) is 10.2 Å². The molecule has 0 bridgehead atoms. The van der Waals surface area contributed by atoms with Crippen LogP contribution in [0.1, 0.15) is 15.9 Å². The van der Waals surface area contributed by atoms with Gasteiger partial charge in [-0.25, -0.2) is 9.37 Å². The Kier molecular flexibility index (Phi) is 4.49. The first kappa shape index (κ1) is 14.5. The maximum Gasteiger partial charge on any atom is 0.263 e. The molecule has 21 heavy (non-hydrogen) atoms. The van der Waals surface area contributed by atoms with Crippen LogP contribution in [-0.2, 0) is 0 Å². The monoisotopic (exact) mass is 286 g/mol. The van der Waals surface area contributed by atoms with Crippen LogP contribution in [-0.4, -0.2) is 27.7 Å². The summed E-state index contributed by atoms with van der Waals surface area (Å²) in [5.74, 6) is 3.18. The molecule has 0 aliphatic rings. The number of aromatic nitrogens is 1. The molecule has 6 heteroatoms. The number of nitrogens with zero attached hydrogens (tertiary/aromatic N) is 1. The largest absolute Gasteiger partial charge is 0.507 e. The zero-order chi connectivity index (χ0) is 15.2. The first-order valence-corrected chi connectivity index (χ1v) is 5.96. The standard InChI is InChI=1S/C15H11FN2O3/c16-11-4-1-5-12(20)14(11)15(21)18-13-9-10(3-2-8-19)6-7-17-13/h1,4-7,9,19-20H,8H2,(H,17,18,21). The number of halogens is 1. The van der Waals surface area contributed by atoms with E-state index >= 15 is 0 Å². The van der Waals surface area contributed by atoms with E-state index in [9.17, 15) is 14.3 Å². The van der Waals surface area contributed by atoms with Crippen LogP contribution in [0.5, 0.6) is 5.75 Å². The Morgan fingerprint density at radius 1 is 1.38 bits per heavy atom. The predicted molar refractivity (Wildman–Crippen MR) is 74.2 cm³/mol. The summed E-state index contributed by atoms with van der Waals surface area (Å²) in [5.41, 5.74) is 0.0817. The predicted octanol–water partition coefficient (Wildman–Crippen LogP) is 1.52. The zero-order valence-electron chi connectivity index (χ0n) is 10.8. The molecule has 2 rings (SSSR count). The third-order valence-corrected chi connectivity index (χ3v) is 2.53. The molecule has 106 valence electrons. The van der Waals surface area contributed by atoms with E-state index in [0.717, 1.165) is 6.07 Å². The molecule has 0 fully saturated rings. The highest BCUT2D eigenvalue weighted by atomic mass is 19.1. The molecule has 0 radical (unpaired) electrons. The molecule has 1 aromatic heterocycles. The Labute approximate surface area is 120 Å². The molecule has 5 nitrogen and oxygen atoms in total. The van der Waals surface area contributed by atoms with E-state index in [1.165, 1.54) is 24.4 Å². The van der Waals surface area contributed by atoms with Gasteiger partial charge in [-0.2, -0.15) is 0 Å². The molecule has 0 saturated heterocycles. The number of nitrogens with one attached hydrogen (secondary N) is 1. The lowest BCUT2D eigenvalue weighted by atomic mass is 10.1. The summed E-state index contributed by atoms with van der Waals surface area (Å²) in [6, 6.07) is 6.65. The van der Waals surface area contributed by atoms with Crippen molar-refractivity contribution in [3.05, 3.63) is 53.5 Å². The number of hydrogen-bond acceptors (Lipinski definition) is 4. The van der Waals surface area contributed by atoms with Gasteiger partial charge in [0.05, 0.1) is 0 Å². The summed E-state index contributed by atoms with van der Waals surface area (Å²) in [5, 5.41) is 20.5. The van der Waals surface area contributed by atoms with Crippen LogP contribution in [0.25, 0.3) is 0 Å². The molecule has 1 amide bonds. The summed E-state index contributed by atoms with van der Waals surface area (Å²) in [7, 11) is 0. The molecule has 1 heterocycles. The van der Waals surface area contributed by atoms with Gasteiger partial charge in [-0.15, -0.1) is 0 Å². The van der Waals surface area contributed by atoms with Crippen LogP contribution in [0.3, 0.4) is 0 Å². The fourth-order valence-electron chi connectivity index (χ4n) is 1.63. The van der Waals surface area contributed by atoms with E-state index in [4.69, 9.17) is 5.11 Å². The third-order valence-electron chi connectivity index (χ3n) is 2.53. The van der Waals surface area contributed by atoms with Gasteiger partial charge >= 0.3 is 0 Å². The first-order valence-electron chi connectivity index (χ1n) is 5.96. The number of aliphatic hydroxyl groups excluding tert-OH is 1. The minimum absolute atomic E-state index is 0.160. The van der Waals surface area contributed by atoms with Crippen LogP contribution >= 0.6 is 0 Å². The Balaban J connectivity index is 2.24. The van der Waals surface area contributed by atoms with Crippen molar-refractivity contribution >= 4 is 11.7 Å². The fraction of sp³-hybridized carbons (Fsp3) is 0.0667. The molecule has 0 saturated carbocycles. The topological polar surface area (TPSA) is 82.5 Å². The smallest absolute Gasteiger partial charge is 0.263 e. The maximum absolute atomic E-state index is 13.6. The van der Waals surface area contributed by atoms with Crippen molar-refractivity contribution in [3.8, 4) is 17.6 Å². The van der Waals surface area contributed by atoms with E-state index in [1.54, 1.807) is 6.07 Å². The van der Waals surface area contributed by atoms with Gasteiger partial charge in [0.2, 0.25) is 0 Å². The molecule has 0 aliphatic heterocycles. The summed E-state index contributed by atoms with van der Waals surface area (Å²) in [6.07, 6.45) is 1.41.